The summed E-state index contributed by atoms with van der Waals surface area (Å²) in [5, 5.41) is 12.3. The maximum atomic E-state index is 12.0. The molecule has 5 nitrogen and oxygen atoms in total. The van der Waals surface area contributed by atoms with Crippen molar-refractivity contribution in [2.75, 3.05) is 5.32 Å². The molecule has 6 heteroatoms. The number of nitriles is 1. The summed E-state index contributed by atoms with van der Waals surface area (Å²) >= 11 is 6.01. The van der Waals surface area contributed by atoms with E-state index < -0.39 is 16.9 Å². The SMILES string of the molecule is CCC(C)(C)Nc1c(C(N)c2ccc(C#N)c(Cl)c2)c(=O)c1=O. The van der Waals surface area contributed by atoms with Crippen molar-refractivity contribution >= 4 is 17.3 Å². The second-order valence-electron chi connectivity index (χ2n) is 6.14. The van der Waals surface area contributed by atoms with Gasteiger partial charge in [-0.25, -0.2) is 0 Å². The summed E-state index contributed by atoms with van der Waals surface area (Å²) < 4.78 is 0. The van der Waals surface area contributed by atoms with E-state index in [0.717, 1.165) is 6.42 Å². The van der Waals surface area contributed by atoms with Crippen molar-refractivity contribution in [3.05, 3.63) is 60.4 Å². The average molecular weight is 332 g/mol. The molecule has 0 aromatic heterocycles. The van der Waals surface area contributed by atoms with Gasteiger partial charge in [-0.05, 0) is 38.0 Å². The van der Waals surface area contributed by atoms with Gasteiger partial charge in [0.15, 0.2) is 0 Å². The van der Waals surface area contributed by atoms with Crippen molar-refractivity contribution in [2.24, 2.45) is 5.73 Å². The second kappa shape index (κ2) is 6.15. The van der Waals surface area contributed by atoms with Crippen LogP contribution in [-0.2, 0) is 0 Å². The number of nitrogens with one attached hydrogen (secondary N) is 1. The third-order valence-electron chi connectivity index (χ3n) is 4.08. The first-order valence-electron chi connectivity index (χ1n) is 7.28. The molecule has 23 heavy (non-hydrogen) atoms. The van der Waals surface area contributed by atoms with Crippen molar-refractivity contribution in [3.8, 4) is 6.07 Å². The third kappa shape index (κ3) is 3.14. The summed E-state index contributed by atoms with van der Waals surface area (Å²) in [6.45, 7) is 5.87. The second-order valence-corrected chi connectivity index (χ2v) is 6.55. The van der Waals surface area contributed by atoms with E-state index in [9.17, 15) is 9.59 Å². The highest BCUT2D eigenvalue weighted by Crippen LogP contribution is 2.28. The van der Waals surface area contributed by atoms with Crippen LogP contribution >= 0.6 is 11.6 Å². The molecule has 1 unspecified atom stereocenters. The van der Waals surface area contributed by atoms with Gasteiger partial charge in [0.05, 0.1) is 27.9 Å². The molecule has 0 amide bonds. The predicted molar refractivity (Wildman–Crippen MR) is 91.5 cm³/mol. The van der Waals surface area contributed by atoms with E-state index in [-0.39, 0.29) is 21.8 Å². The summed E-state index contributed by atoms with van der Waals surface area (Å²) in [5.41, 5.74) is 6.16. The van der Waals surface area contributed by atoms with Crippen molar-refractivity contribution in [2.45, 2.75) is 38.8 Å². The molecule has 3 N–H and O–H groups in total. The number of anilines is 1. The van der Waals surface area contributed by atoms with Gasteiger partial charge in [-0.1, -0.05) is 24.6 Å². The molecule has 0 saturated carbocycles. The molecular formula is C17H18ClN3O2. The largest absolute Gasteiger partial charge is 0.376 e. The standard InChI is InChI=1S/C17H18ClN3O2/c1-4-17(2,3)21-14-12(15(22)16(14)23)13(20)9-5-6-10(8-19)11(18)7-9/h5-7,13,21H,4,20H2,1-3H3. The molecule has 0 bridgehead atoms. The molecule has 2 aromatic rings. The maximum absolute atomic E-state index is 12.0. The number of hydrogen-bond acceptors (Lipinski definition) is 5. The minimum Gasteiger partial charge on any atom is -0.376 e. The molecule has 2 rings (SSSR count). The van der Waals surface area contributed by atoms with Gasteiger partial charge in [0.2, 0.25) is 10.9 Å². The zero-order valence-corrected chi connectivity index (χ0v) is 14.0. The lowest BCUT2D eigenvalue weighted by Crippen LogP contribution is -2.45. The number of nitrogens with two attached hydrogens (primary N) is 1. The first kappa shape index (κ1) is 17.2. The van der Waals surface area contributed by atoms with Crippen LogP contribution in [0.4, 0.5) is 5.69 Å². The minimum absolute atomic E-state index is 0.261. The molecule has 2 aromatic carbocycles. The maximum Gasteiger partial charge on any atom is 0.249 e. The van der Waals surface area contributed by atoms with Gasteiger partial charge < -0.3 is 11.1 Å². The van der Waals surface area contributed by atoms with Crippen LogP contribution in [0.25, 0.3) is 0 Å². The molecule has 120 valence electrons. The summed E-state index contributed by atoms with van der Waals surface area (Å²) in [4.78, 5) is 23.8. The summed E-state index contributed by atoms with van der Waals surface area (Å²) in [5.74, 6) is 0. The number of rotatable bonds is 5. The number of nitrogens with zero attached hydrogens (tertiary/aromatic N) is 1. The van der Waals surface area contributed by atoms with E-state index in [1.165, 1.54) is 0 Å². The zero-order valence-electron chi connectivity index (χ0n) is 13.2. The summed E-state index contributed by atoms with van der Waals surface area (Å²) in [7, 11) is 0. The Kier molecular flexibility index (Phi) is 4.60. The van der Waals surface area contributed by atoms with Crippen LogP contribution in [0.1, 0.15) is 49.9 Å². The first-order chi connectivity index (χ1) is 10.7. The van der Waals surface area contributed by atoms with Gasteiger partial charge in [-0.3, -0.25) is 9.59 Å². The fourth-order valence-corrected chi connectivity index (χ4v) is 2.47. The van der Waals surface area contributed by atoms with E-state index in [0.29, 0.717) is 11.1 Å². The van der Waals surface area contributed by atoms with Crippen molar-refractivity contribution < 1.29 is 0 Å². The van der Waals surface area contributed by atoms with Gasteiger partial charge in [0.1, 0.15) is 6.07 Å². The number of halogens is 1. The van der Waals surface area contributed by atoms with Gasteiger partial charge in [-0.2, -0.15) is 5.26 Å². The Balaban J connectivity index is 2.42. The van der Waals surface area contributed by atoms with Gasteiger partial charge in [-0.15, -0.1) is 0 Å². The molecular weight excluding hydrogens is 314 g/mol. The Hall–Kier alpha value is -2.16. The van der Waals surface area contributed by atoms with E-state index in [2.05, 4.69) is 5.32 Å². The average Bonchev–Trinajstić information content (AvgIpc) is 2.53. The van der Waals surface area contributed by atoms with Crippen LogP contribution in [0.5, 0.6) is 0 Å². The lowest BCUT2D eigenvalue weighted by molar-refractivity contribution is 0.544. The van der Waals surface area contributed by atoms with Crippen molar-refractivity contribution in [1.29, 1.82) is 5.26 Å². The van der Waals surface area contributed by atoms with Crippen LogP contribution in [-0.4, -0.2) is 5.54 Å². The Morgan fingerprint density at radius 1 is 1.35 bits per heavy atom. The van der Waals surface area contributed by atoms with Crippen molar-refractivity contribution in [1.82, 2.24) is 0 Å². The summed E-state index contributed by atoms with van der Waals surface area (Å²) in [6, 6.07) is 5.94. The van der Waals surface area contributed by atoms with Crippen molar-refractivity contribution in [3.63, 3.8) is 0 Å². The van der Waals surface area contributed by atoms with Crippen LogP contribution in [0, 0.1) is 11.3 Å². The molecule has 1 atom stereocenters. The topological polar surface area (TPSA) is 96.0 Å². The fraction of sp³-hybridized carbons (Fsp3) is 0.353. The molecule has 0 aliphatic carbocycles. The Labute approximate surface area is 139 Å². The molecule has 0 radical (unpaired) electrons. The van der Waals surface area contributed by atoms with Crippen LogP contribution < -0.4 is 21.9 Å². The predicted octanol–water partition coefficient (Wildman–Crippen LogP) is 2.46. The molecule has 0 fully saturated rings. The highest BCUT2D eigenvalue weighted by Gasteiger charge is 2.30. The normalized spacial score (nSPS) is 12.9. The molecule has 0 saturated heterocycles. The van der Waals surface area contributed by atoms with Crippen LogP contribution in [0.3, 0.4) is 0 Å². The Morgan fingerprint density at radius 3 is 2.52 bits per heavy atom. The van der Waals surface area contributed by atoms with Crippen LogP contribution in [0.2, 0.25) is 5.02 Å². The Bertz CT molecular complexity index is 858. The van der Waals surface area contributed by atoms with Gasteiger partial charge in [0.25, 0.3) is 0 Å². The van der Waals surface area contributed by atoms with Crippen LogP contribution in [0.15, 0.2) is 27.8 Å². The van der Waals surface area contributed by atoms with E-state index in [4.69, 9.17) is 22.6 Å². The lowest BCUT2D eigenvalue weighted by atomic mass is 9.91. The van der Waals surface area contributed by atoms with Gasteiger partial charge >= 0.3 is 0 Å². The van der Waals surface area contributed by atoms with E-state index >= 15 is 0 Å². The fourth-order valence-electron chi connectivity index (χ4n) is 2.24. The number of hydrogen-bond donors (Lipinski definition) is 2. The molecule has 0 heterocycles. The summed E-state index contributed by atoms with van der Waals surface area (Å²) in [6.07, 6.45) is 0.781. The van der Waals surface area contributed by atoms with Gasteiger partial charge in [0, 0.05) is 5.54 Å². The minimum atomic E-state index is -0.763. The highest BCUT2D eigenvalue weighted by molar-refractivity contribution is 6.31. The highest BCUT2D eigenvalue weighted by atomic mass is 35.5. The molecule has 0 spiro atoms. The van der Waals surface area contributed by atoms with E-state index in [1.807, 2.05) is 26.8 Å². The monoisotopic (exact) mass is 331 g/mol. The zero-order chi connectivity index (χ0) is 17.4. The quantitative estimate of drug-likeness (QED) is 0.820. The third-order valence-corrected chi connectivity index (χ3v) is 4.39. The smallest absolute Gasteiger partial charge is 0.249 e. The first-order valence-corrected chi connectivity index (χ1v) is 7.66. The number of benzene rings is 1. The molecule has 0 aliphatic rings. The Morgan fingerprint density at radius 2 is 2.00 bits per heavy atom. The lowest BCUT2D eigenvalue weighted by Gasteiger charge is -2.29. The van der Waals surface area contributed by atoms with E-state index in [1.54, 1.807) is 18.2 Å². The molecule has 0 aliphatic heterocycles.